The predicted molar refractivity (Wildman–Crippen MR) is 200 cm³/mol. The van der Waals surface area contributed by atoms with Gasteiger partial charge in [0.25, 0.3) is 0 Å². The van der Waals surface area contributed by atoms with Crippen LogP contribution in [-0.4, -0.2) is 33.0 Å². The van der Waals surface area contributed by atoms with Crippen LogP contribution < -0.4 is 21.6 Å². The van der Waals surface area contributed by atoms with Gasteiger partial charge in [0.15, 0.2) is 5.60 Å². The molecule has 2 atom stereocenters. The largest absolute Gasteiger partial charge is 0.434 e. The number of aromatic nitrogens is 2. The number of amides is 1. The van der Waals surface area contributed by atoms with E-state index in [0.29, 0.717) is 25.2 Å². The van der Waals surface area contributed by atoms with E-state index in [1.807, 2.05) is 149 Å². The second-order valence-electron chi connectivity index (χ2n) is 12.9. The number of Topliss-reactive ketones (excluding diaryl/α,β-unsaturated/α-hetero) is 1. The summed E-state index contributed by atoms with van der Waals surface area (Å²) in [5, 5.41) is 22.5. The zero-order chi connectivity index (χ0) is 35.8. The van der Waals surface area contributed by atoms with E-state index in [0.717, 1.165) is 21.5 Å². The Bertz CT molecular complexity index is 1900. The van der Waals surface area contributed by atoms with Crippen LogP contribution in [0.25, 0.3) is 11.5 Å². The standard InChI is InChI=1S/C41H43N4O4P/c1-5-27-40(3,4)41(49-39(43)47,31(6-2)28-36-44-45-38(48-36)30-19-11-7-12-20-30)37(46)35(29-42)50(32-21-13-8-14-22-32,33-23-15-9-16-24-33)34-25-17-10-18-26-34/h7-26,31H,5-6,27-28H2,1-4H3,(H2,43,47). The van der Waals surface area contributed by atoms with Gasteiger partial charge in [0.2, 0.25) is 17.6 Å². The highest BCUT2D eigenvalue weighted by molar-refractivity contribution is 7.97. The summed E-state index contributed by atoms with van der Waals surface area (Å²) in [4.78, 5) is 29.1. The molecule has 1 aromatic heterocycles. The molecular weight excluding hydrogens is 643 g/mol. The minimum Gasteiger partial charge on any atom is -0.434 e. The summed E-state index contributed by atoms with van der Waals surface area (Å²) in [6.45, 7) is 4.56. The fourth-order valence-corrected chi connectivity index (χ4v) is 11.5. The van der Waals surface area contributed by atoms with Crippen molar-refractivity contribution in [3.63, 3.8) is 0 Å². The van der Waals surface area contributed by atoms with E-state index in [1.165, 1.54) is 0 Å². The molecule has 0 radical (unpaired) electrons. The van der Waals surface area contributed by atoms with E-state index in [1.54, 1.807) is 0 Å². The highest BCUT2D eigenvalue weighted by Crippen LogP contribution is 2.52. The van der Waals surface area contributed by atoms with Gasteiger partial charge in [-0.1, -0.05) is 143 Å². The molecular formula is C41H43N4O4P. The third kappa shape index (κ3) is 6.66. The lowest BCUT2D eigenvalue weighted by Gasteiger charge is -2.49. The Morgan fingerprint density at radius 3 is 1.72 bits per heavy atom. The molecule has 0 saturated heterocycles. The minimum atomic E-state index is -3.19. The molecule has 1 heterocycles. The number of benzene rings is 4. The Labute approximate surface area is 294 Å². The summed E-state index contributed by atoms with van der Waals surface area (Å²) >= 11 is 0. The van der Waals surface area contributed by atoms with Crippen molar-refractivity contribution >= 4 is 40.0 Å². The quantitative estimate of drug-likeness (QED) is 0.122. The number of ether oxygens (including phenoxy) is 1. The summed E-state index contributed by atoms with van der Waals surface area (Å²) < 4.78 is 12.4. The van der Waals surface area contributed by atoms with Crippen LogP contribution in [0.2, 0.25) is 0 Å². The molecule has 0 spiro atoms. The lowest BCUT2D eigenvalue weighted by molar-refractivity contribution is -0.157. The highest BCUT2D eigenvalue weighted by Gasteiger charge is 2.60. The number of carbonyl (C=O) groups excluding carboxylic acids is 2. The molecule has 5 aromatic rings. The monoisotopic (exact) mass is 686 g/mol. The van der Waals surface area contributed by atoms with Gasteiger partial charge >= 0.3 is 6.09 Å². The Morgan fingerprint density at radius 1 is 0.820 bits per heavy atom. The van der Waals surface area contributed by atoms with Crippen LogP contribution in [0.5, 0.6) is 0 Å². The summed E-state index contributed by atoms with van der Waals surface area (Å²) in [6.07, 6.45) is 0.554. The summed E-state index contributed by atoms with van der Waals surface area (Å²) in [5.74, 6) is -0.651. The van der Waals surface area contributed by atoms with Crippen LogP contribution in [0.3, 0.4) is 0 Å². The molecule has 9 heteroatoms. The first-order valence-electron chi connectivity index (χ1n) is 16.9. The number of ketones is 1. The van der Waals surface area contributed by atoms with E-state index in [9.17, 15) is 10.1 Å². The number of nitrogens with two attached hydrogens (primary N) is 1. The second-order valence-corrected chi connectivity index (χ2v) is 16.3. The van der Waals surface area contributed by atoms with Crippen LogP contribution in [-0.2, 0) is 16.0 Å². The van der Waals surface area contributed by atoms with Crippen molar-refractivity contribution in [3.05, 3.63) is 127 Å². The van der Waals surface area contributed by atoms with Crippen molar-refractivity contribution in [1.29, 1.82) is 5.26 Å². The van der Waals surface area contributed by atoms with Gasteiger partial charge in [-0.3, -0.25) is 4.79 Å². The van der Waals surface area contributed by atoms with E-state index in [2.05, 4.69) is 16.3 Å². The van der Waals surface area contributed by atoms with Gasteiger partial charge in [0.1, 0.15) is 11.4 Å². The molecule has 0 aliphatic carbocycles. The van der Waals surface area contributed by atoms with Gasteiger partial charge in [0.05, 0.1) is 0 Å². The van der Waals surface area contributed by atoms with E-state index >= 15 is 4.79 Å². The van der Waals surface area contributed by atoms with Gasteiger partial charge in [0, 0.05) is 23.3 Å². The maximum Gasteiger partial charge on any atom is 0.405 e. The molecule has 8 nitrogen and oxygen atoms in total. The fraction of sp³-hybridized carbons (Fsp3) is 0.268. The van der Waals surface area contributed by atoms with Gasteiger partial charge in [-0.25, -0.2) is 4.79 Å². The number of hydrogen-bond acceptors (Lipinski definition) is 7. The molecule has 0 bridgehead atoms. The SMILES string of the molecule is CCCC(C)(C)C(OC(N)=O)(C(=O)C(C#N)=P(c1ccccc1)(c1ccccc1)c1ccccc1)C(CC)Cc1nnc(-c2ccccc2)o1. The fourth-order valence-electron chi connectivity index (χ4n) is 7.35. The topological polar surface area (TPSA) is 132 Å². The van der Waals surface area contributed by atoms with Crippen molar-refractivity contribution in [2.24, 2.45) is 17.1 Å². The maximum absolute atomic E-state index is 16.0. The number of nitriles is 1. The Morgan fingerprint density at radius 2 is 1.30 bits per heavy atom. The lowest BCUT2D eigenvalue weighted by atomic mass is 9.61. The average Bonchev–Trinajstić information content (AvgIpc) is 3.61. The number of primary amides is 1. The summed E-state index contributed by atoms with van der Waals surface area (Å²) in [7, 11) is 0. The molecule has 256 valence electrons. The first kappa shape index (κ1) is 36.0. The predicted octanol–water partition coefficient (Wildman–Crippen LogP) is 7.22. The molecule has 0 saturated carbocycles. The molecule has 0 aliphatic heterocycles. The normalized spacial score (nSPS) is 13.4. The van der Waals surface area contributed by atoms with Crippen molar-refractivity contribution < 1.29 is 18.7 Å². The number of rotatable bonds is 14. The summed E-state index contributed by atoms with van der Waals surface area (Å²) in [5.41, 5.74) is 3.79. The Balaban J connectivity index is 1.87. The van der Waals surface area contributed by atoms with Crippen molar-refractivity contribution in [2.45, 2.75) is 59.0 Å². The molecule has 0 aliphatic rings. The molecule has 5 rings (SSSR count). The first-order chi connectivity index (χ1) is 24.1. The molecule has 50 heavy (non-hydrogen) atoms. The van der Waals surface area contributed by atoms with Gasteiger partial charge in [-0.2, -0.15) is 5.26 Å². The van der Waals surface area contributed by atoms with E-state index < -0.39 is 35.7 Å². The maximum atomic E-state index is 16.0. The third-order valence-corrected chi connectivity index (χ3v) is 13.7. The van der Waals surface area contributed by atoms with Crippen LogP contribution in [0.15, 0.2) is 126 Å². The van der Waals surface area contributed by atoms with Crippen LogP contribution in [0.4, 0.5) is 4.79 Å². The smallest absolute Gasteiger partial charge is 0.405 e. The Kier molecular flexibility index (Phi) is 11.2. The van der Waals surface area contributed by atoms with Gasteiger partial charge in [-0.05, 0) is 47.8 Å². The zero-order valence-corrected chi connectivity index (χ0v) is 29.8. The lowest BCUT2D eigenvalue weighted by Crippen LogP contribution is -2.63. The zero-order valence-electron chi connectivity index (χ0n) is 29.0. The number of carbonyl (C=O) groups is 2. The van der Waals surface area contributed by atoms with Crippen LogP contribution >= 0.6 is 6.89 Å². The number of nitrogens with zero attached hydrogens (tertiary/aromatic N) is 3. The molecule has 2 unspecified atom stereocenters. The molecule has 2 N–H and O–H groups in total. The van der Waals surface area contributed by atoms with Crippen LogP contribution in [0.1, 0.15) is 52.8 Å². The molecule has 0 fully saturated rings. The average molecular weight is 687 g/mol. The third-order valence-electron chi connectivity index (χ3n) is 9.54. The van der Waals surface area contributed by atoms with Gasteiger partial charge < -0.3 is 14.9 Å². The second kappa shape index (κ2) is 15.5. The van der Waals surface area contributed by atoms with Crippen molar-refractivity contribution in [1.82, 2.24) is 10.2 Å². The minimum absolute atomic E-state index is 0.0143. The molecule has 4 aromatic carbocycles. The van der Waals surface area contributed by atoms with E-state index in [4.69, 9.17) is 14.9 Å². The van der Waals surface area contributed by atoms with Crippen LogP contribution in [0, 0.1) is 22.7 Å². The summed E-state index contributed by atoms with van der Waals surface area (Å²) in [6, 6.07) is 40.9. The molecule has 1 amide bonds. The highest BCUT2D eigenvalue weighted by atomic mass is 31.2. The number of hydrogen-bond donors (Lipinski definition) is 1. The van der Waals surface area contributed by atoms with Gasteiger partial charge in [-0.15, -0.1) is 10.2 Å². The van der Waals surface area contributed by atoms with Crippen molar-refractivity contribution in [3.8, 4) is 17.5 Å². The van der Waals surface area contributed by atoms with E-state index in [-0.39, 0.29) is 17.6 Å². The van der Waals surface area contributed by atoms with Crippen molar-refractivity contribution in [2.75, 3.05) is 0 Å². The Hall–Kier alpha value is -5.25. The first-order valence-corrected chi connectivity index (χ1v) is 18.7.